The second kappa shape index (κ2) is 6.34. The van der Waals surface area contributed by atoms with Crippen molar-refractivity contribution < 1.29 is 22.7 Å². The van der Waals surface area contributed by atoms with Crippen LogP contribution in [0.5, 0.6) is 5.88 Å². The second-order valence-electron chi connectivity index (χ2n) is 4.16. The summed E-state index contributed by atoms with van der Waals surface area (Å²) in [6.45, 7) is -0.297. The van der Waals surface area contributed by atoms with E-state index in [4.69, 9.17) is 0 Å². The molecular formula is C12H13F3N2O2S. The number of amides is 1. The number of thioether (sulfide) groups is 1. The van der Waals surface area contributed by atoms with Gasteiger partial charge in [-0.25, -0.2) is 4.98 Å². The lowest BCUT2D eigenvalue weighted by atomic mass is 10.2. The highest BCUT2D eigenvalue weighted by atomic mass is 32.2. The molecule has 0 saturated carbocycles. The lowest BCUT2D eigenvalue weighted by Gasteiger charge is -2.26. The Labute approximate surface area is 118 Å². The third-order valence-corrected chi connectivity index (χ3v) is 3.61. The maximum Gasteiger partial charge on any atom is 0.422 e. The molecule has 1 aromatic rings. The van der Waals surface area contributed by atoms with Crippen molar-refractivity contribution in [3.05, 3.63) is 23.9 Å². The van der Waals surface area contributed by atoms with E-state index in [0.717, 1.165) is 11.5 Å². The van der Waals surface area contributed by atoms with Gasteiger partial charge in [-0.3, -0.25) is 4.79 Å². The third kappa shape index (κ3) is 4.03. The van der Waals surface area contributed by atoms with Crippen LogP contribution in [0, 0.1) is 0 Å². The number of alkyl halides is 3. The summed E-state index contributed by atoms with van der Waals surface area (Å²) in [4.78, 5) is 17.6. The number of hydrogen-bond donors (Lipinski definition) is 0. The highest BCUT2D eigenvalue weighted by molar-refractivity contribution is 7.99. The Morgan fingerprint density at radius 1 is 1.40 bits per heavy atom. The Balaban J connectivity index is 2.12. The molecule has 2 heterocycles. The highest BCUT2D eigenvalue weighted by Crippen LogP contribution is 2.22. The molecule has 0 N–H and O–H groups in total. The molecule has 110 valence electrons. The molecule has 20 heavy (non-hydrogen) atoms. The fourth-order valence-corrected chi connectivity index (χ4v) is 2.66. The topological polar surface area (TPSA) is 42.4 Å². The Bertz CT molecular complexity index is 476. The van der Waals surface area contributed by atoms with Gasteiger partial charge < -0.3 is 9.64 Å². The average Bonchev–Trinajstić information content (AvgIpc) is 2.45. The Morgan fingerprint density at radius 2 is 2.10 bits per heavy atom. The molecule has 0 bridgehead atoms. The molecule has 0 unspecified atom stereocenters. The first-order valence-corrected chi connectivity index (χ1v) is 7.14. The lowest BCUT2D eigenvalue weighted by Crippen LogP contribution is -2.38. The van der Waals surface area contributed by atoms with Gasteiger partial charge in [-0.15, -0.1) is 0 Å². The zero-order chi connectivity index (χ0) is 14.6. The number of carbonyl (C=O) groups excluding carboxylic acids is 1. The minimum Gasteiger partial charge on any atom is -0.467 e. The summed E-state index contributed by atoms with van der Waals surface area (Å²) < 4.78 is 41.2. The van der Waals surface area contributed by atoms with E-state index in [0.29, 0.717) is 13.1 Å². The summed E-state index contributed by atoms with van der Waals surface area (Å²) in [7, 11) is 0. The Kier molecular flexibility index (Phi) is 4.74. The predicted molar refractivity (Wildman–Crippen MR) is 69.0 cm³/mol. The van der Waals surface area contributed by atoms with Crippen molar-refractivity contribution in [1.29, 1.82) is 0 Å². The van der Waals surface area contributed by atoms with E-state index in [-0.39, 0.29) is 17.4 Å². The van der Waals surface area contributed by atoms with Gasteiger partial charge in [0.1, 0.15) is 5.56 Å². The number of nitrogens with zero attached hydrogens (tertiary/aromatic N) is 2. The molecule has 1 saturated heterocycles. The van der Waals surface area contributed by atoms with E-state index < -0.39 is 12.8 Å². The zero-order valence-corrected chi connectivity index (χ0v) is 11.3. The van der Waals surface area contributed by atoms with E-state index >= 15 is 0 Å². The first-order chi connectivity index (χ1) is 9.47. The van der Waals surface area contributed by atoms with Crippen LogP contribution in [0.4, 0.5) is 13.2 Å². The van der Waals surface area contributed by atoms with Crippen molar-refractivity contribution in [1.82, 2.24) is 9.88 Å². The van der Waals surface area contributed by atoms with Crippen molar-refractivity contribution in [2.75, 3.05) is 31.2 Å². The monoisotopic (exact) mass is 306 g/mol. The molecule has 1 aromatic heterocycles. The van der Waals surface area contributed by atoms with E-state index in [1.54, 1.807) is 16.7 Å². The van der Waals surface area contributed by atoms with Gasteiger partial charge in [-0.1, -0.05) is 0 Å². The van der Waals surface area contributed by atoms with Crippen molar-refractivity contribution in [3.63, 3.8) is 0 Å². The predicted octanol–water partition coefficient (Wildman–Crippen LogP) is 2.21. The summed E-state index contributed by atoms with van der Waals surface area (Å²) in [6, 6.07) is 2.94. The summed E-state index contributed by atoms with van der Waals surface area (Å²) in [5, 5.41) is 0. The quantitative estimate of drug-likeness (QED) is 0.859. The smallest absolute Gasteiger partial charge is 0.422 e. The lowest BCUT2D eigenvalue weighted by molar-refractivity contribution is -0.154. The van der Waals surface area contributed by atoms with Gasteiger partial charge in [-0.2, -0.15) is 24.9 Å². The number of pyridine rings is 1. The van der Waals surface area contributed by atoms with Crippen molar-refractivity contribution in [3.8, 4) is 5.88 Å². The van der Waals surface area contributed by atoms with Crippen LogP contribution in [0.25, 0.3) is 0 Å². The van der Waals surface area contributed by atoms with Crippen LogP contribution in [0.2, 0.25) is 0 Å². The van der Waals surface area contributed by atoms with Crippen LogP contribution < -0.4 is 4.74 Å². The normalized spacial score (nSPS) is 16.1. The van der Waals surface area contributed by atoms with Gasteiger partial charge in [0.15, 0.2) is 6.61 Å². The molecule has 0 atom stereocenters. The Morgan fingerprint density at radius 3 is 2.75 bits per heavy atom. The number of rotatable bonds is 3. The number of halogens is 3. The highest BCUT2D eigenvalue weighted by Gasteiger charge is 2.30. The van der Waals surface area contributed by atoms with Crippen molar-refractivity contribution in [2.45, 2.75) is 6.18 Å². The molecular weight excluding hydrogens is 293 g/mol. The van der Waals surface area contributed by atoms with E-state index in [9.17, 15) is 18.0 Å². The number of carbonyl (C=O) groups is 1. The van der Waals surface area contributed by atoms with Gasteiger partial charge in [0.25, 0.3) is 5.91 Å². The molecule has 0 spiro atoms. The number of aromatic nitrogens is 1. The van der Waals surface area contributed by atoms with Gasteiger partial charge in [-0.05, 0) is 12.1 Å². The van der Waals surface area contributed by atoms with Gasteiger partial charge in [0, 0.05) is 30.8 Å². The van der Waals surface area contributed by atoms with Crippen LogP contribution in [-0.4, -0.2) is 53.2 Å². The second-order valence-corrected chi connectivity index (χ2v) is 5.39. The third-order valence-electron chi connectivity index (χ3n) is 2.67. The molecule has 0 aromatic carbocycles. The van der Waals surface area contributed by atoms with E-state index in [1.807, 2.05) is 0 Å². The van der Waals surface area contributed by atoms with Gasteiger partial charge in [0.2, 0.25) is 5.88 Å². The fourth-order valence-electron chi connectivity index (χ4n) is 1.76. The molecule has 0 aliphatic carbocycles. The summed E-state index contributed by atoms with van der Waals surface area (Å²) in [5.74, 6) is 1.04. The fraction of sp³-hybridized carbons (Fsp3) is 0.500. The van der Waals surface area contributed by atoms with Gasteiger partial charge >= 0.3 is 6.18 Å². The van der Waals surface area contributed by atoms with Crippen LogP contribution in [0.15, 0.2) is 18.3 Å². The summed E-state index contributed by atoms with van der Waals surface area (Å²) in [5.41, 5.74) is 0.0728. The first kappa shape index (κ1) is 15.0. The zero-order valence-electron chi connectivity index (χ0n) is 10.5. The molecule has 4 nitrogen and oxygen atoms in total. The minimum absolute atomic E-state index is 0.0728. The van der Waals surface area contributed by atoms with Crippen LogP contribution >= 0.6 is 11.8 Å². The minimum atomic E-state index is -4.46. The van der Waals surface area contributed by atoms with E-state index in [1.165, 1.54) is 18.3 Å². The van der Waals surface area contributed by atoms with Gasteiger partial charge in [0.05, 0.1) is 0 Å². The van der Waals surface area contributed by atoms with Crippen molar-refractivity contribution in [2.24, 2.45) is 0 Å². The van der Waals surface area contributed by atoms with Crippen LogP contribution in [0.1, 0.15) is 10.4 Å². The molecule has 2 rings (SSSR count). The van der Waals surface area contributed by atoms with Crippen LogP contribution in [-0.2, 0) is 0 Å². The summed E-state index contributed by atoms with van der Waals surface area (Å²) >= 11 is 1.74. The molecule has 1 aliphatic rings. The molecule has 1 amide bonds. The standard InChI is InChI=1S/C12H13F3N2O2S/c13-12(14,15)8-19-10-9(2-1-3-16-10)11(18)17-4-6-20-7-5-17/h1-3H,4-8H2. The SMILES string of the molecule is O=C(c1cccnc1OCC(F)(F)F)N1CCSCC1. The Hall–Kier alpha value is -1.44. The number of ether oxygens (including phenoxy) is 1. The molecule has 1 fully saturated rings. The molecule has 1 aliphatic heterocycles. The largest absolute Gasteiger partial charge is 0.467 e. The number of hydrogen-bond acceptors (Lipinski definition) is 4. The summed E-state index contributed by atoms with van der Waals surface area (Å²) in [6.07, 6.45) is -3.16. The maximum atomic E-state index is 12.3. The van der Waals surface area contributed by atoms with E-state index in [2.05, 4.69) is 9.72 Å². The maximum absolute atomic E-state index is 12.3. The average molecular weight is 306 g/mol. The first-order valence-electron chi connectivity index (χ1n) is 5.99. The molecule has 8 heteroatoms. The van der Waals surface area contributed by atoms with Crippen LogP contribution in [0.3, 0.4) is 0 Å². The molecule has 0 radical (unpaired) electrons. The van der Waals surface area contributed by atoms with Crippen molar-refractivity contribution >= 4 is 17.7 Å².